The SMILES string of the molecule is COCCn1cc(NC(=O)c2coc(-c3ccnc(N)c3)n2)c(C(N)=O)n1. The summed E-state index contributed by atoms with van der Waals surface area (Å²) in [5.74, 6) is -0.846. The maximum absolute atomic E-state index is 12.4. The first-order valence-corrected chi connectivity index (χ1v) is 7.83. The van der Waals surface area contributed by atoms with E-state index in [-0.39, 0.29) is 23.0 Å². The van der Waals surface area contributed by atoms with Crippen LogP contribution < -0.4 is 16.8 Å². The summed E-state index contributed by atoms with van der Waals surface area (Å²) < 4.78 is 11.7. The van der Waals surface area contributed by atoms with E-state index < -0.39 is 11.8 Å². The molecule has 0 aromatic carbocycles. The van der Waals surface area contributed by atoms with E-state index in [4.69, 9.17) is 20.6 Å². The molecule has 0 atom stereocenters. The second-order valence-electron chi connectivity index (χ2n) is 5.47. The van der Waals surface area contributed by atoms with E-state index in [1.54, 1.807) is 19.2 Å². The normalized spacial score (nSPS) is 10.7. The van der Waals surface area contributed by atoms with Gasteiger partial charge in [-0.3, -0.25) is 14.3 Å². The van der Waals surface area contributed by atoms with Crippen molar-refractivity contribution in [2.75, 3.05) is 24.8 Å². The quantitative estimate of drug-likeness (QED) is 0.540. The van der Waals surface area contributed by atoms with Crippen molar-refractivity contribution >= 4 is 23.3 Å². The number of oxazole rings is 1. The summed E-state index contributed by atoms with van der Waals surface area (Å²) in [5, 5.41) is 6.60. The van der Waals surface area contributed by atoms with Crippen LogP contribution in [-0.2, 0) is 11.3 Å². The molecule has 3 heterocycles. The summed E-state index contributed by atoms with van der Waals surface area (Å²) in [4.78, 5) is 32.0. The molecule has 5 N–H and O–H groups in total. The van der Waals surface area contributed by atoms with Gasteiger partial charge in [0.25, 0.3) is 11.8 Å². The maximum atomic E-state index is 12.4. The van der Waals surface area contributed by atoms with E-state index in [1.165, 1.54) is 23.3 Å². The van der Waals surface area contributed by atoms with Crippen LogP contribution in [0.4, 0.5) is 11.5 Å². The number of nitrogens with zero attached hydrogens (tertiary/aromatic N) is 4. The molecule has 0 fully saturated rings. The molecule has 0 bridgehead atoms. The van der Waals surface area contributed by atoms with Gasteiger partial charge in [-0.15, -0.1) is 0 Å². The number of anilines is 2. The lowest BCUT2D eigenvalue weighted by atomic mass is 10.2. The van der Waals surface area contributed by atoms with Gasteiger partial charge in [0.2, 0.25) is 5.89 Å². The largest absolute Gasteiger partial charge is 0.444 e. The second kappa shape index (κ2) is 7.66. The molecule has 0 radical (unpaired) electrons. The Morgan fingerprint density at radius 2 is 2.22 bits per heavy atom. The summed E-state index contributed by atoms with van der Waals surface area (Å²) in [5.41, 5.74) is 11.6. The minimum atomic E-state index is -0.769. The zero-order chi connectivity index (χ0) is 19.4. The number of methoxy groups -OCH3 is 1. The van der Waals surface area contributed by atoms with Crippen molar-refractivity contribution in [3.05, 3.63) is 42.2 Å². The molecule has 3 rings (SSSR count). The fraction of sp³-hybridized carbons (Fsp3) is 0.188. The fourth-order valence-electron chi connectivity index (χ4n) is 2.27. The number of pyridine rings is 1. The smallest absolute Gasteiger partial charge is 0.277 e. The molecular formula is C16H17N7O4. The van der Waals surface area contributed by atoms with Gasteiger partial charge in [-0.2, -0.15) is 5.10 Å². The number of hydrogen-bond acceptors (Lipinski definition) is 8. The maximum Gasteiger partial charge on any atom is 0.277 e. The van der Waals surface area contributed by atoms with Crippen molar-refractivity contribution in [2.24, 2.45) is 5.73 Å². The van der Waals surface area contributed by atoms with Crippen molar-refractivity contribution in [3.8, 4) is 11.5 Å². The first kappa shape index (κ1) is 18.1. The Morgan fingerprint density at radius 1 is 1.41 bits per heavy atom. The number of nitrogens with two attached hydrogens (primary N) is 2. The van der Waals surface area contributed by atoms with Crippen LogP contribution in [-0.4, -0.2) is 45.3 Å². The molecule has 11 nitrogen and oxygen atoms in total. The molecule has 27 heavy (non-hydrogen) atoms. The van der Waals surface area contributed by atoms with E-state index in [9.17, 15) is 9.59 Å². The predicted octanol–water partition coefficient (Wildman–Crippen LogP) is 0.513. The Kier molecular flexibility index (Phi) is 5.13. The van der Waals surface area contributed by atoms with Crippen LogP contribution in [0.1, 0.15) is 21.0 Å². The van der Waals surface area contributed by atoms with E-state index in [0.717, 1.165) is 0 Å². The van der Waals surface area contributed by atoms with Gasteiger partial charge in [-0.1, -0.05) is 0 Å². The minimum Gasteiger partial charge on any atom is -0.444 e. The summed E-state index contributed by atoms with van der Waals surface area (Å²) in [7, 11) is 1.54. The molecule has 140 valence electrons. The molecular weight excluding hydrogens is 354 g/mol. The number of nitrogen functional groups attached to an aromatic ring is 1. The number of ether oxygens (including phenoxy) is 1. The third-order valence-corrected chi connectivity index (χ3v) is 3.53. The highest BCUT2D eigenvalue weighted by Crippen LogP contribution is 2.21. The number of carbonyl (C=O) groups is 2. The number of hydrogen-bond donors (Lipinski definition) is 3. The minimum absolute atomic E-state index is 0.0143. The Hall–Kier alpha value is -3.73. The van der Waals surface area contributed by atoms with Crippen LogP contribution in [0, 0.1) is 0 Å². The molecule has 3 aromatic rings. The van der Waals surface area contributed by atoms with Crippen molar-refractivity contribution in [1.29, 1.82) is 0 Å². The lowest BCUT2D eigenvalue weighted by Gasteiger charge is -2.00. The molecule has 0 spiro atoms. The van der Waals surface area contributed by atoms with E-state index >= 15 is 0 Å². The molecule has 3 aromatic heterocycles. The Morgan fingerprint density at radius 3 is 2.93 bits per heavy atom. The lowest BCUT2D eigenvalue weighted by Crippen LogP contribution is -2.18. The van der Waals surface area contributed by atoms with Gasteiger partial charge in [-0.05, 0) is 12.1 Å². The van der Waals surface area contributed by atoms with Crippen molar-refractivity contribution in [3.63, 3.8) is 0 Å². The average Bonchev–Trinajstić information content (AvgIpc) is 3.27. The van der Waals surface area contributed by atoms with Gasteiger partial charge in [0.1, 0.15) is 12.1 Å². The first-order chi connectivity index (χ1) is 13.0. The average molecular weight is 371 g/mol. The number of aromatic nitrogens is 4. The summed E-state index contributed by atoms with van der Waals surface area (Å²) in [6.07, 6.45) is 4.18. The van der Waals surface area contributed by atoms with Gasteiger partial charge < -0.3 is 25.9 Å². The van der Waals surface area contributed by atoms with Gasteiger partial charge in [0.15, 0.2) is 11.4 Å². The van der Waals surface area contributed by atoms with Crippen LogP contribution in [0.25, 0.3) is 11.5 Å². The Labute approximate surface area is 153 Å². The number of nitrogens with one attached hydrogen (secondary N) is 1. The topological polar surface area (TPSA) is 164 Å². The predicted molar refractivity (Wildman–Crippen MR) is 94.7 cm³/mol. The highest BCUT2D eigenvalue weighted by atomic mass is 16.5. The number of amides is 2. The summed E-state index contributed by atoms with van der Waals surface area (Å²) in [6, 6.07) is 3.22. The van der Waals surface area contributed by atoms with Crippen LogP contribution in [0.15, 0.2) is 35.2 Å². The van der Waals surface area contributed by atoms with Gasteiger partial charge in [-0.25, -0.2) is 9.97 Å². The fourth-order valence-corrected chi connectivity index (χ4v) is 2.27. The van der Waals surface area contributed by atoms with Crippen LogP contribution in [0.5, 0.6) is 0 Å². The Bertz CT molecular complexity index is 979. The van der Waals surface area contributed by atoms with Crippen molar-refractivity contribution in [1.82, 2.24) is 19.7 Å². The van der Waals surface area contributed by atoms with E-state index in [2.05, 4.69) is 20.4 Å². The molecule has 0 saturated carbocycles. The number of rotatable bonds is 7. The molecule has 0 saturated heterocycles. The summed E-state index contributed by atoms with van der Waals surface area (Å²) in [6.45, 7) is 0.777. The van der Waals surface area contributed by atoms with Gasteiger partial charge in [0.05, 0.1) is 18.8 Å². The molecule has 2 amide bonds. The van der Waals surface area contributed by atoms with Gasteiger partial charge in [0, 0.05) is 25.1 Å². The Balaban J connectivity index is 1.79. The number of carbonyl (C=O) groups excluding carboxylic acids is 2. The molecule has 0 aliphatic heterocycles. The van der Waals surface area contributed by atoms with Crippen molar-refractivity contribution in [2.45, 2.75) is 6.54 Å². The van der Waals surface area contributed by atoms with Gasteiger partial charge >= 0.3 is 0 Å². The van der Waals surface area contributed by atoms with Crippen molar-refractivity contribution < 1.29 is 18.7 Å². The van der Waals surface area contributed by atoms with Crippen LogP contribution >= 0.6 is 0 Å². The second-order valence-corrected chi connectivity index (χ2v) is 5.47. The first-order valence-electron chi connectivity index (χ1n) is 7.83. The zero-order valence-electron chi connectivity index (χ0n) is 14.4. The zero-order valence-corrected chi connectivity index (χ0v) is 14.4. The third kappa shape index (κ3) is 4.10. The number of primary amides is 1. The third-order valence-electron chi connectivity index (χ3n) is 3.53. The molecule has 0 aliphatic carbocycles. The highest BCUT2D eigenvalue weighted by molar-refractivity contribution is 6.07. The summed E-state index contributed by atoms with van der Waals surface area (Å²) >= 11 is 0. The van der Waals surface area contributed by atoms with E-state index in [0.29, 0.717) is 24.5 Å². The molecule has 11 heteroatoms. The van der Waals surface area contributed by atoms with Crippen LogP contribution in [0.2, 0.25) is 0 Å². The van der Waals surface area contributed by atoms with E-state index in [1.807, 2.05) is 0 Å². The monoisotopic (exact) mass is 371 g/mol. The highest BCUT2D eigenvalue weighted by Gasteiger charge is 2.19. The molecule has 0 aliphatic rings. The van der Waals surface area contributed by atoms with Crippen LogP contribution in [0.3, 0.4) is 0 Å². The standard InChI is InChI=1S/C16H17N7O4/c1-26-5-4-23-7-10(13(22-23)14(18)24)20-15(25)11-8-27-16(21-11)9-2-3-19-12(17)6-9/h2-3,6-8H,4-5H2,1H3,(H2,17,19)(H2,18,24)(H,20,25). The molecule has 0 unspecified atom stereocenters. The lowest BCUT2D eigenvalue weighted by molar-refractivity contribution is 0.0995.